The van der Waals surface area contributed by atoms with Crippen LogP contribution in [-0.4, -0.2) is 61.5 Å². The zero-order valence-electron chi connectivity index (χ0n) is 17.6. The van der Waals surface area contributed by atoms with E-state index in [1.165, 1.54) is 0 Å². The van der Waals surface area contributed by atoms with Crippen LogP contribution in [0.5, 0.6) is 5.75 Å². The maximum Gasteiger partial charge on any atom is 0.289 e. The predicted molar refractivity (Wildman–Crippen MR) is 110 cm³/mol. The van der Waals surface area contributed by atoms with Crippen LogP contribution in [0.3, 0.4) is 0 Å². The summed E-state index contributed by atoms with van der Waals surface area (Å²) in [6.07, 6.45) is 1.48. The molecule has 7 heteroatoms. The van der Waals surface area contributed by atoms with Crippen LogP contribution < -0.4 is 4.74 Å². The summed E-state index contributed by atoms with van der Waals surface area (Å²) in [5, 5.41) is 0. The lowest BCUT2D eigenvalue weighted by atomic mass is 9.85. The van der Waals surface area contributed by atoms with E-state index in [1.807, 2.05) is 48.2 Å². The number of hydrogen-bond donors (Lipinski definition) is 0. The van der Waals surface area contributed by atoms with E-state index in [-0.39, 0.29) is 18.4 Å². The summed E-state index contributed by atoms with van der Waals surface area (Å²) in [7, 11) is 1.64. The Balaban J connectivity index is 1.39. The van der Waals surface area contributed by atoms with Crippen molar-refractivity contribution in [1.82, 2.24) is 9.80 Å². The van der Waals surface area contributed by atoms with Crippen molar-refractivity contribution in [1.29, 1.82) is 0 Å². The molecule has 0 radical (unpaired) electrons. The molecule has 2 fully saturated rings. The first-order chi connectivity index (χ1) is 14.5. The molecule has 2 aliphatic rings. The van der Waals surface area contributed by atoms with E-state index in [4.69, 9.17) is 13.9 Å². The first kappa shape index (κ1) is 20.5. The number of rotatable bonds is 7. The highest BCUT2D eigenvalue weighted by Gasteiger charge is 2.51. The third-order valence-electron chi connectivity index (χ3n) is 6.09. The number of aryl methyl sites for hydroxylation is 1. The summed E-state index contributed by atoms with van der Waals surface area (Å²) >= 11 is 0. The standard InChI is InChI=1S/C23H28N2O5/c1-17-14-19(15-29-18-6-4-3-5-7-18)30-20(17)21(26)25-11-9-23(16-25)8-10-24(22(23)27)12-13-28-2/h3-7,14H,8-13,15-16H2,1-2H3. The van der Waals surface area contributed by atoms with Crippen molar-refractivity contribution < 1.29 is 23.5 Å². The lowest BCUT2D eigenvalue weighted by Crippen LogP contribution is -2.39. The van der Waals surface area contributed by atoms with Crippen molar-refractivity contribution in [2.24, 2.45) is 5.41 Å². The van der Waals surface area contributed by atoms with Gasteiger partial charge in [-0.25, -0.2) is 0 Å². The molecule has 1 aromatic heterocycles. The zero-order chi connectivity index (χ0) is 21.1. The highest BCUT2D eigenvalue weighted by atomic mass is 16.5. The number of carbonyl (C=O) groups is 2. The molecule has 1 unspecified atom stereocenters. The van der Waals surface area contributed by atoms with Gasteiger partial charge in [-0.3, -0.25) is 9.59 Å². The third kappa shape index (κ3) is 3.94. The van der Waals surface area contributed by atoms with Crippen molar-refractivity contribution in [3.8, 4) is 5.75 Å². The molecule has 2 amide bonds. The minimum absolute atomic E-state index is 0.142. The third-order valence-corrected chi connectivity index (χ3v) is 6.09. The predicted octanol–water partition coefficient (Wildman–Crippen LogP) is 2.88. The summed E-state index contributed by atoms with van der Waals surface area (Å²) in [6, 6.07) is 11.3. The van der Waals surface area contributed by atoms with E-state index in [0.717, 1.165) is 24.3 Å². The van der Waals surface area contributed by atoms with Crippen LogP contribution in [0.25, 0.3) is 0 Å². The molecule has 2 saturated heterocycles. The van der Waals surface area contributed by atoms with Crippen LogP contribution in [0.1, 0.15) is 34.7 Å². The van der Waals surface area contributed by atoms with Crippen molar-refractivity contribution in [3.05, 3.63) is 53.5 Å². The Bertz CT molecular complexity index is 910. The summed E-state index contributed by atoms with van der Waals surface area (Å²) < 4.78 is 16.7. The van der Waals surface area contributed by atoms with Crippen molar-refractivity contribution in [3.63, 3.8) is 0 Å². The normalized spacial score (nSPS) is 21.1. The van der Waals surface area contributed by atoms with E-state index in [1.54, 1.807) is 12.0 Å². The van der Waals surface area contributed by atoms with Gasteiger partial charge in [0.1, 0.15) is 18.1 Å². The van der Waals surface area contributed by atoms with Gasteiger partial charge in [-0.1, -0.05) is 18.2 Å². The Kier molecular flexibility index (Phi) is 5.81. The molecule has 0 bridgehead atoms. The van der Waals surface area contributed by atoms with Gasteiger partial charge in [-0.05, 0) is 38.0 Å². The second-order valence-corrected chi connectivity index (χ2v) is 8.12. The van der Waals surface area contributed by atoms with Crippen molar-refractivity contribution in [2.75, 3.05) is 39.9 Å². The summed E-state index contributed by atoms with van der Waals surface area (Å²) in [5.41, 5.74) is 0.329. The molecule has 4 rings (SSSR count). The van der Waals surface area contributed by atoms with E-state index in [0.29, 0.717) is 44.2 Å². The average Bonchev–Trinajstić information content (AvgIpc) is 3.44. The van der Waals surface area contributed by atoms with Crippen LogP contribution >= 0.6 is 0 Å². The SMILES string of the molecule is COCCN1CCC2(CCN(C(=O)c3oc(COc4ccccc4)cc3C)C2)C1=O. The molecule has 7 nitrogen and oxygen atoms in total. The fourth-order valence-electron chi connectivity index (χ4n) is 4.38. The molecule has 1 aromatic carbocycles. The molecule has 160 valence electrons. The second-order valence-electron chi connectivity index (χ2n) is 8.12. The minimum Gasteiger partial charge on any atom is -0.486 e. The lowest BCUT2D eigenvalue weighted by molar-refractivity contribution is -0.135. The van der Waals surface area contributed by atoms with Gasteiger partial charge in [0.15, 0.2) is 5.76 Å². The number of hydrogen-bond acceptors (Lipinski definition) is 5. The number of methoxy groups -OCH3 is 1. The van der Waals surface area contributed by atoms with Gasteiger partial charge in [0.25, 0.3) is 5.91 Å². The minimum atomic E-state index is -0.455. The van der Waals surface area contributed by atoms with Crippen molar-refractivity contribution in [2.45, 2.75) is 26.4 Å². The van der Waals surface area contributed by atoms with E-state index < -0.39 is 5.41 Å². The number of benzene rings is 1. The number of likely N-dealkylation sites (tertiary alicyclic amines) is 2. The van der Waals surface area contributed by atoms with Gasteiger partial charge in [-0.2, -0.15) is 0 Å². The van der Waals surface area contributed by atoms with Gasteiger partial charge in [0.2, 0.25) is 5.91 Å². The lowest BCUT2D eigenvalue weighted by Gasteiger charge is -2.23. The Morgan fingerprint density at radius 1 is 1.20 bits per heavy atom. The van der Waals surface area contributed by atoms with E-state index in [2.05, 4.69) is 0 Å². The second kappa shape index (κ2) is 8.52. The van der Waals surface area contributed by atoms with Crippen LogP contribution in [0.2, 0.25) is 0 Å². The number of para-hydroxylation sites is 1. The Labute approximate surface area is 176 Å². The van der Waals surface area contributed by atoms with Crippen molar-refractivity contribution >= 4 is 11.8 Å². The summed E-state index contributed by atoms with van der Waals surface area (Å²) in [4.78, 5) is 29.6. The van der Waals surface area contributed by atoms with Gasteiger partial charge in [-0.15, -0.1) is 0 Å². The maximum atomic E-state index is 13.1. The molecule has 2 aromatic rings. The van der Waals surface area contributed by atoms with Gasteiger partial charge >= 0.3 is 0 Å². The first-order valence-electron chi connectivity index (χ1n) is 10.4. The van der Waals surface area contributed by atoms with Gasteiger partial charge in [0, 0.05) is 38.9 Å². The van der Waals surface area contributed by atoms with Crippen LogP contribution in [0.15, 0.2) is 40.8 Å². The molecule has 0 N–H and O–H groups in total. The molecule has 3 heterocycles. The average molecular weight is 412 g/mol. The Morgan fingerprint density at radius 2 is 1.97 bits per heavy atom. The molecule has 1 atom stereocenters. The number of carbonyl (C=O) groups excluding carboxylic acids is 2. The molecule has 1 spiro atoms. The van der Waals surface area contributed by atoms with Crippen LogP contribution in [0, 0.1) is 12.3 Å². The monoisotopic (exact) mass is 412 g/mol. The molecule has 2 aliphatic heterocycles. The van der Waals surface area contributed by atoms with Crippen LogP contribution in [0.4, 0.5) is 0 Å². The molecule has 0 aliphatic carbocycles. The topological polar surface area (TPSA) is 72.2 Å². The Hall–Kier alpha value is -2.80. The number of furan rings is 1. The smallest absolute Gasteiger partial charge is 0.289 e. The molecule has 0 saturated carbocycles. The number of ether oxygens (including phenoxy) is 2. The number of amides is 2. The Morgan fingerprint density at radius 3 is 2.73 bits per heavy atom. The molecular formula is C23H28N2O5. The summed E-state index contributed by atoms with van der Waals surface area (Å²) in [6.45, 7) is 5.00. The summed E-state index contributed by atoms with van der Waals surface area (Å²) in [5.74, 6) is 1.68. The fourth-order valence-corrected chi connectivity index (χ4v) is 4.38. The molecule has 30 heavy (non-hydrogen) atoms. The molecular weight excluding hydrogens is 384 g/mol. The highest BCUT2D eigenvalue weighted by molar-refractivity contribution is 5.94. The van der Waals surface area contributed by atoms with E-state index >= 15 is 0 Å². The first-order valence-corrected chi connectivity index (χ1v) is 10.4. The fraction of sp³-hybridized carbons (Fsp3) is 0.478. The van der Waals surface area contributed by atoms with Gasteiger partial charge < -0.3 is 23.7 Å². The van der Waals surface area contributed by atoms with Gasteiger partial charge in [0.05, 0.1) is 12.0 Å². The highest BCUT2D eigenvalue weighted by Crippen LogP contribution is 2.41. The number of nitrogens with zero attached hydrogens (tertiary/aromatic N) is 2. The maximum absolute atomic E-state index is 13.1. The quantitative estimate of drug-likeness (QED) is 0.699. The van der Waals surface area contributed by atoms with Crippen LogP contribution in [-0.2, 0) is 16.1 Å². The largest absolute Gasteiger partial charge is 0.486 e. The zero-order valence-corrected chi connectivity index (χ0v) is 17.6. The van der Waals surface area contributed by atoms with E-state index in [9.17, 15) is 9.59 Å².